The average molecular weight is 1020 g/mol. The highest BCUT2D eigenvalue weighted by Crippen LogP contribution is 2.40. The van der Waals surface area contributed by atoms with Crippen LogP contribution in [0.4, 0.5) is 32.2 Å². The number of benzene rings is 6. The number of anilines is 1. The van der Waals surface area contributed by atoms with Crippen LogP contribution in [-0.2, 0) is 32.0 Å². The SMILES string of the molecule is CS(=O)(=O)c1cccc(-c2ccc(-n3cc(Br)nc3-c3ccccc3C(F)(F)F)cc2)c1.CS(=O)(=O)c1cccc(-c2ccc(-n3cc(N4CCC4)nc3-c3ccccc3C(F)(F)F)cc2)c1. The van der Waals surface area contributed by atoms with Crippen molar-refractivity contribution in [3.63, 3.8) is 0 Å². The van der Waals surface area contributed by atoms with Crippen LogP contribution < -0.4 is 4.90 Å². The number of nitrogens with zero attached hydrogens (tertiary/aromatic N) is 5. The van der Waals surface area contributed by atoms with Crippen molar-refractivity contribution in [2.24, 2.45) is 0 Å². The highest BCUT2D eigenvalue weighted by atomic mass is 79.9. The molecule has 3 heterocycles. The van der Waals surface area contributed by atoms with Gasteiger partial charge in [-0.2, -0.15) is 26.3 Å². The number of hydrogen-bond donors (Lipinski definition) is 0. The summed E-state index contributed by atoms with van der Waals surface area (Å²) in [5.41, 5.74) is 2.74. The summed E-state index contributed by atoms with van der Waals surface area (Å²) >= 11 is 3.26. The van der Waals surface area contributed by atoms with E-state index in [2.05, 4.69) is 25.9 Å². The molecule has 67 heavy (non-hydrogen) atoms. The van der Waals surface area contributed by atoms with E-state index in [4.69, 9.17) is 0 Å². The monoisotopic (exact) mass is 1020 g/mol. The Balaban J connectivity index is 0.000000182. The Bertz CT molecular complexity index is 3330. The molecule has 6 aromatic carbocycles. The molecule has 0 amide bonds. The molecule has 8 aromatic rings. The largest absolute Gasteiger partial charge is 0.417 e. The third-order valence-corrected chi connectivity index (χ3v) is 13.6. The molecule has 2 aromatic heterocycles. The van der Waals surface area contributed by atoms with Gasteiger partial charge in [-0.25, -0.2) is 26.8 Å². The molecule has 0 spiro atoms. The van der Waals surface area contributed by atoms with E-state index < -0.39 is 43.2 Å². The van der Waals surface area contributed by atoms with E-state index in [9.17, 15) is 43.2 Å². The van der Waals surface area contributed by atoms with Crippen molar-refractivity contribution in [3.05, 3.63) is 174 Å². The van der Waals surface area contributed by atoms with Crippen LogP contribution in [-0.4, -0.2) is 61.5 Å². The number of rotatable bonds is 9. The third kappa shape index (κ3) is 10.4. The van der Waals surface area contributed by atoms with Crippen LogP contribution in [0.25, 0.3) is 56.4 Å². The fourth-order valence-electron chi connectivity index (χ4n) is 7.48. The number of sulfone groups is 2. The van der Waals surface area contributed by atoms with E-state index in [1.807, 2.05) is 23.1 Å². The highest BCUT2D eigenvalue weighted by molar-refractivity contribution is 9.10. The first-order valence-corrected chi connectivity index (χ1v) is 25.0. The summed E-state index contributed by atoms with van der Waals surface area (Å²) in [7, 11) is -6.69. The van der Waals surface area contributed by atoms with E-state index in [0.29, 0.717) is 27.4 Å². The van der Waals surface area contributed by atoms with Gasteiger partial charge in [-0.15, -0.1) is 0 Å². The van der Waals surface area contributed by atoms with Gasteiger partial charge in [0.05, 0.1) is 27.1 Å². The Kier molecular flexibility index (Phi) is 12.8. The second kappa shape index (κ2) is 18.3. The molecule has 1 aliphatic heterocycles. The van der Waals surface area contributed by atoms with Gasteiger partial charge in [0.1, 0.15) is 22.1 Å². The van der Waals surface area contributed by atoms with Crippen LogP contribution in [0.3, 0.4) is 0 Å². The zero-order valence-corrected chi connectivity index (χ0v) is 38.7. The van der Waals surface area contributed by atoms with Gasteiger partial charge < -0.3 is 4.90 Å². The molecular weight excluding hydrogens is 981 g/mol. The fourth-order valence-corrected chi connectivity index (χ4v) is 9.19. The van der Waals surface area contributed by atoms with Crippen molar-refractivity contribution in [1.82, 2.24) is 19.1 Å². The molecule has 9 rings (SSSR count). The minimum atomic E-state index is -4.52. The molecule has 1 aliphatic rings. The van der Waals surface area contributed by atoms with Crippen LogP contribution in [0.5, 0.6) is 0 Å². The number of imidazole rings is 2. The zero-order chi connectivity index (χ0) is 47.9. The summed E-state index contributed by atoms with van der Waals surface area (Å²) in [6, 6.07) is 38.2. The van der Waals surface area contributed by atoms with Gasteiger partial charge in [0, 0.05) is 54.3 Å². The van der Waals surface area contributed by atoms with Crippen molar-refractivity contribution in [2.75, 3.05) is 30.5 Å². The maximum Gasteiger partial charge on any atom is 0.417 e. The lowest BCUT2D eigenvalue weighted by atomic mass is 10.0. The minimum Gasteiger partial charge on any atom is -0.355 e. The number of hydrogen-bond acceptors (Lipinski definition) is 7. The third-order valence-electron chi connectivity index (χ3n) is 11.0. The number of halogens is 7. The Hall–Kier alpha value is -6.50. The van der Waals surface area contributed by atoms with E-state index in [-0.39, 0.29) is 32.6 Å². The zero-order valence-electron chi connectivity index (χ0n) is 35.5. The Labute approximate surface area is 391 Å². The quantitative estimate of drug-likeness (QED) is 0.133. The van der Waals surface area contributed by atoms with Gasteiger partial charge in [0.25, 0.3) is 0 Å². The first kappa shape index (κ1) is 47.0. The standard InChI is InChI=1S/C26H22F3N3O2S.C23H16BrF3N2O2S/c1-35(33,34)21-7-4-6-19(16-21)18-10-12-20(13-11-18)32-17-24(31-14-5-15-31)30-25(32)22-8-2-3-9-23(22)26(27,28)29;1-32(30,31)18-6-4-5-16(13-18)15-9-11-17(12-10-15)29-14-21(24)28-22(29)19-7-2-3-8-20(19)23(25,26)27/h2-4,6-13,16-17H,5,14-15H2,1H3;2-14H,1H3. The van der Waals surface area contributed by atoms with Crippen molar-refractivity contribution >= 4 is 41.4 Å². The molecule has 0 radical (unpaired) electrons. The maximum absolute atomic E-state index is 13.8. The maximum atomic E-state index is 13.8. The predicted molar refractivity (Wildman–Crippen MR) is 250 cm³/mol. The molecule has 344 valence electrons. The normalized spacial score (nSPS) is 13.2. The van der Waals surface area contributed by atoms with Gasteiger partial charge in [0.15, 0.2) is 19.7 Å². The minimum absolute atomic E-state index is 0.0108. The van der Waals surface area contributed by atoms with Gasteiger partial charge in [-0.3, -0.25) is 9.13 Å². The number of aromatic nitrogens is 4. The summed E-state index contributed by atoms with van der Waals surface area (Å²) in [6.07, 6.45) is -2.35. The second-order valence-electron chi connectivity index (χ2n) is 15.7. The van der Waals surface area contributed by atoms with Crippen molar-refractivity contribution in [1.29, 1.82) is 0 Å². The molecule has 0 N–H and O–H groups in total. The van der Waals surface area contributed by atoms with E-state index in [1.165, 1.54) is 36.4 Å². The van der Waals surface area contributed by atoms with Gasteiger partial charge in [0.2, 0.25) is 0 Å². The van der Waals surface area contributed by atoms with E-state index in [1.54, 1.807) is 100 Å². The van der Waals surface area contributed by atoms with Gasteiger partial charge in [-0.1, -0.05) is 84.9 Å². The lowest BCUT2D eigenvalue weighted by molar-refractivity contribution is -0.137. The summed E-state index contributed by atoms with van der Waals surface area (Å²) < 4.78 is 133. The first-order chi connectivity index (χ1) is 31.6. The number of alkyl halides is 6. The Morgan fingerprint density at radius 3 is 1.33 bits per heavy atom. The Morgan fingerprint density at radius 2 is 0.925 bits per heavy atom. The summed E-state index contributed by atoms with van der Waals surface area (Å²) in [5.74, 6) is 0.997. The van der Waals surface area contributed by atoms with Crippen molar-refractivity contribution < 1.29 is 43.2 Å². The summed E-state index contributed by atoms with van der Waals surface area (Å²) in [4.78, 5) is 11.3. The van der Waals surface area contributed by atoms with E-state index >= 15 is 0 Å². The molecule has 1 saturated heterocycles. The highest BCUT2D eigenvalue weighted by Gasteiger charge is 2.36. The molecule has 0 unspecified atom stereocenters. The van der Waals surface area contributed by atoms with Crippen LogP contribution in [0.1, 0.15) is 17.5 Å². The van der Waals surface area contributed by atoms with Crippen LogP contribution in [0, 0.1) is 0 Å². The lowest BCUT2D eigenvalue weighted by Crippen LogP contribution is -2.37. The molecule has 0 saturated carbocycles. The van der Waals surface area contributed by atoms with Crippen LogP contribution in [0.2, 0.25) is 0 Å². The fraction of sp³-hybridized carbons (Fsp3) is 0.143. The predicted octanol–water partition coefficient (Wildman–Crippen LogP) is 12.2. The van der Waals surface area contributed by atoms with Crippen molar-refractivity contribution in [2.45, 2.75) is 28.6 Å². The van der Waals surface area contributed by atoms with Crippen LogP contribution in [0.15, 0.2) is 172 Å². The molecule has 9 nitrogen and oxygen atoms in total. The molecule has 0 atom stereocenters. The topological polar surface area (TPSA) is 107 Å². The molecule has 1 fully saturated rings. The van der Waals surface area contributed by atoms with Gasteiger partial charge >= 0.3 is 12.4 Å². The summed E-state index contributed by atoms with van der Waals surface area (Å²) in [6.45, 7) is 1.62. The first-order valence-electron chi connectivity index (χ1n) is 20.4. The average Bonchev–Trinajstić information content (AvgIpc) is 3.89. The molecule has 18 heteroatoms. The van der Waals surface area contributed by atoms with E-state index in [0.717, 1.165) is 60.8 Å². The van der Waals surface area contributed by atoms with Crippen LogP contribution >= 0.6 is 15.9 Å². The molecule has 0 aliphatic carbocycles. The summed E-state index contributed by atoms with van der Waals surface area (Å²) in [5, 5.41) is 0. The Morgan fingerprint density at radius 1 is 0.507 bits per heavy atom. The molecular formula is C49H38BrF6N5O4S2. The van der Waals surface area contributed by atoms with Gasteiger partial charge in [-0.05, 0) is 105 Å². The second-order valence-corrected chi connectivity index (χ2v) is 20.5. The smallest absolute Gasteiger partial charge is 0.355 e. The molecule has 0 bridgehead atoms. The van der Waals surface area contributed by atoms with Crippen molar-refractivity contribution in [3.8, 4) is 56.4 Å². The lowest BCUT2D eigenvalue weighted by Gasteiger charge is -2.30.